The molecule has 0 aliphatic carbocycles. The second-order valence-corrected chi connectivity index (χ2v) is 2.93. The zero-order valence-electron chi connectivity index (χ0n) is 8.11. The fourth-order valence-corrected chi connectivity index (χ4v) is 0.997. The number of nitrogen functional groups attached to an aromatic ring is 1. The van der Waals surface area contributed by atoms with Crippen molar-refractivity contribution < 1.29 is 4.79 Å². The molecule has 72 valence electrons. The molecule has 0 saturated carbocycles. The van der Waals surface area contributed by atoms with Crippen molar-refractivity contribution in [3.05, 3.63) is 11.9 Å². The van der Waals surface area contributed by atoms with Gasteiger partial charge in [-0.3, -0.25) is 9.48 Å². The van der Waals surface area contributed by atoms with Crippen LogP contribution in [-0.4, -0.2) is 34.2 Å². The first kappa shape index (κ1) is 9.57. The highest BCUT2D eigenvalue weighted by atomic mass is 16.2. The van der Waals surface area contributed by atoms with Crippen LogP contribution in [0.3, 0.4) is 0 Å². The van der Waals surface area contributed by atoms with Gasteiger partial charge in [0.2, 0.25) is 0 Å². The Balaban J connectivity index is 2.94. The first-order valence-corrected chi connectivity index (χ1v) is 4.10. The first-order valence-electron chi connectivity index (χ1n) is 4.10. The van der Waals surface area contributed by atoms with Crippen LogP contribution in [0.25, 0.3) is 0 Å². The average Bonchev–Trinajstić information content (AvgIpc) is 2.42. The summed E-state index contributed by atoms with van der Waals surface area (Å²) in [5.74, 6) is -0.138. The normalized spacial score (nSPS) is 10.1. The summed E-state index contributed by atoms with van der Waals surface area (Å²) in [6.45, 7) is 2.55. The number of anilines is 1. The highest BCUT2D eigenvalue weighted by Crippen LogP contribution is 2.09. The lowest BCUT2D eigenvalue weighted by Gasteiger charge is -2.12. The standard InChI is InChI=1S/C8H14N4O/c1-4-11(2)8(13)7-6(9)5-12(3)10-7/h5H,4,9H2,1-3H3. The van der Waals surface area contributed by atoms with Crippen LogP contribution in [0.5, 0.6) is 0 Å². The van der Waals surface area contributed by atoms with Gasteiger partial charge in [0.05, 0.1) is 5.69 Å². The molecule has 5 heteroatoms. The van der Waals surface area contributed by atoms with E-state index in [9.17, 15) is 4.79 Å². The fourth-order valence-electron chi connectivity index (χ4n) is 0.997. The number of aryl methyl sites for hydroxylation is 1. The van der Waals surface area contributed by atoms with Crippen LogP contribution < -0.4 is 5.73 Å². The predicted molar refractivity (Wildman–Crippen MR) is 50.3 cm³/mol. The maximum Gasteiger partial charge on any atom is 0.276 e. The predicted octanol–water partition coefficient (Wildman–Crippen LogP) is 0.0942. The van der Waals surface area contributed by atoms with E-state index in [1.165, 1.54) is 4.68 Å². The summed E-state index contributed by atoms with van der Waals surface area (Å²) >= 11 is 0. The fraction of sp³-hybridized carbons (Fsp3) is 0.500. The van der Waals surface area contributed by atoms with Gasteiger partial charge >= 0.3 is 0 Å². The molecule has 0 aromatic carbocycles. The third-order valence-corrected chi connectivity index (χ3v) is 1.88. The molecule has 5 nitrogen and oxygen atoms in total. The number of rotatable bonds is 2. The van der Waals surface area contributed by atoms with Crippen molar-refractivity contribution in [2.24, 2.45) is 7.05 Å². The molecule has 1 heterocycles. The molecule has 1 amide bonds. The van der Waals surface area contributed by atoms with Gasteiger partial charge in [-0.1, -0.05) is 0 Å². The molecule has 0 spiro atoms. The molecule has 0 atom stereocenters. The maximum absolute atomic E-state index is 11.6. The van der Waals surface area contributed by atoms with E-state index >= 15 is 0 Å². The van der Waals surface area contributed by atoms with Crippen molar-refractivity contribution in [3.8, 4) is 0 Å². The molecule has 0 bridgehead atoms. The smallest absolute Gasteiger partial charge is 0.276 e. The third-order valence-electron chi connectivity index (χ3n) is 1.88. The molecule has 13 heavy (non-hydrogen) atoms. The minimum absolute atomic E-state index is 0.138. The van der Waals surface area contributed by atoms with Crippen LogP contribution in [0, 0.1) is 0 Å². The summed E-state index contributed by atoms with van der Waals surface area (Å²) in [6, 6.07) is 0. The van der Waals surface area contributed by atoms with Crippen molar-refractivity contribution in [1.29, 1.82) is 0 Å². The van der Waals surface area contributed by atoms with Crippen LogP contribution in [0.15, 0.2) is 6.20 Å². The second kappa shape index (κ2) is 3.47. The number of aromatic nitrogens is 2. The second-order valence-electron chi connectivity index (χ2n) is 2.93. The van der Waals surface area contributed by atoms with Crippen LogP contribution in [0.4, 0.5) is 5.69 Å². The van der Waals surface area contributed by atoms with E-state index in [4.69, 9.17) is 5.73 Å². The number of nitrogens with zero attached hydrogens (tertiary/aromatic N) is 3. The number of hydrogen-bond acceptors (Lipinski definition) is 3. The van der Waals surface area contributed by atoms with Crippen LogP contribution in [-0.2, 0) is 7.05 Å². The van der Waals surface area contributed by atoms with Crippen molar-refractivity contribution in [1.82, 2.24) is 14.7 Å². The summed E-state index contributed by atoms with van der Waals surface area (Å²) in [5, 5.41) is 3.98. The van der Waals surface area contributed by atoms with E-state index in [0.717, 1.165) is 0 Å². The Kier molecular flexibility index (Phi) is 2.55. The lowest BCUT2D eigenvalue weighted by molar-refractivity contribution is 0.0797. The number of carbonyl (C=O) groups excluding carboxylic acids is 1. The summed E-state index contributed by atoms with van der Waals surface area (Å²) < 4.78 is 1.53. The molecular formula is C8H14N4O. The van der Waals surface area contributed by atoms with Gasteiger partial charge in [0, 0.05) is 26.8 Å². The Hall–Kier alpha value is -1.52. The average molecular weight is 182 g/mol. The summed E-state index contributed by atoms with van der Waals surface area (Å²) in [4.78, 5) is 13.1. The molecule has 1 aromatic heterocycles. The first-order chi connectivity index (χ1) is 6.06. The minimum Gasteiger partial charge on any atom is -0.396 e. The number of nitrogens with two attached hydrogens (primary N) is 1. The monoisotopic (exact) mass is 182 g/mol. The SMILES string of the molecule is CCN(C)C(=O)c1nn(C)cc1N. The van der Waals surface area contributed by atoms with Crippen molar-refractivity contribution >= 4 is 11.6 Å². The maximum atomic E-state index is 11.6. The van der Waals surface area contributed by atoms with Crippen molar-refractivity contribution in [2.75, 3.05) is 19.3 Å². The molecule has 1 aromatic rings. The highest BCUT2D eigenvalue weighted by Gasteiger charge is 2.16. The number of carbonyl (C=O) groups is 1. The Morgan fingerprint density at radius 3 is 2.77 bits per heavy atom. The highest BCUT2D eigenvalue weighted by molar-refractivity contribution is 5.96. The Bertz CT molecular complexity index is 318. The summed E-state index contributed by atoms with van der Waals surface area (Å²) in [5.41, 5.74) is 6.35. The molecular weight excluding hydrogens is 168 g/mol. The van der Waals surface area contributed by atoms with E-state index in [2.05, 4.69) is 5.10 Å². The molecule has 0 aliphatic heterocycles. The Labute approximate surface area is 77.1 Å². The lowest BCUT2D eigenvalue weighted by atomic mass is 10.3. The van der Waals surface area contributed by atoms with Crippen molar-refractivity contribution in [3.63, 3.8) is 0 Å². The molecule has 0 saturated heterocycles. The number of hydrogen-bond donors (Lipinski definition) is 1. The molecule has 1 rings (SSSR count). The topological polar surface area (TPSA) is 64.2 Å². The van der Waals surface area contributed by atoms with Gasteiger partial charge < -0.3 is 10.6 Å². The van der Waals surface area contributed by atoms with E-state index < -0.39 is 0 Å². The van der Waals surface area contributed by atoms with Gasteiger partial charge in [-0.05, 0) is 6.92 Å². The molecule has 0 unspecified atom stereocenters. The van der Waals surface area contributed by atoms with Gasteiger partial charge in [0.15, 0.2) is 5.69 Å². The van der Waals surface area contributed by atoms with Gasteiger partial charge in [-0.25, -0.2) is 0 Å². The van der Waals surface area contributed by atoms with Crippen molar-refractivity contribution in [2.45, 2.75) is 6.92 Å². The lowest BCUT2D eigenvalue weighted by Crippen LogP contribution is -2.27. The van der Waals surface area contributed by atoms with Crippen LogP contribution >= 0.6 is 0 Å². The number of amides is 1. The van der Waals surface area contributed by atoms with E-state index in [0.29, 0.717) is 17.9 Å². The summed E-state index contributed by atoms with van der Waals surface area (Å²) in [7, 11) is 3.45. The quantitative estimate of drug-likeness (QED) is 0.705. The van der Waals surface area contributed by atoms with E-state index in [1.807, 2.05) is 6.92 Å². The largest absolute Gasteiger partial charge is 0.396 e. The van der Waals surface area contributed by atoms with E-state index in [1.54, 1.807) is 25.2 Å². The Morgan fingerprint density at radius 1 is 1.77 bits per heavy atom. The summed E-state index contributed by atoms with van der Waals surface area (Å²) in [6.07, 6.45) is 1.62. The van der Waals surface area contributed by atoms with Crippen LogP contribution in [0.2, 0.25) is 0 Å². The van der Waals surface area contributed by atoms with Gasteiger partial charge in [0.25, 0.3) is 5.91 Å². The third kappa shape index (κ3) is 1.80. The Morgan fingerprint density at radius 2 is 2.38 bits per heavy atom. The zero-order chi connectivity index (χ0) is 10.0. The zero-order valence-corrected chi connectivity index (χ0v) is 8.11. The van der Waals surface area contributed by atoms with Gasteiger partial charge in [-0.2, -0.15) is 5.10 Å². The van der Waals surface area contributed by atoms with Gasteiger partial charge in [0.1, 0.15) is 0 Å². The van der Waals surface area contributed by atoms with Gasteiger partial charge in [-0.15, -0.1) is 0 Å². The van der Waals surface area contributed by atoms with E-state index in [-0.39, 0.29) is 5.91 Å². The molecule has 0 fully saturated rings. The molecule has 2 N–H and O–H groups in total. The molecule has 0 radical (unpaired) electrons. The van der Waals surface area contributed by atoms with Crippen LogP contribution in [0.1, 0.15) is 17.4 Å². The minimum atomic E-state index is -0.138. The molecule has 0 aliphatic rings.